The first-order chi connectivity index (χ1) is 24.3. The Bertz CT molecular complexity index is 1980. The third-order valence-electron chi connectivity index (χ3n) is 9.07. The number of aryl methyl sites for hydroxylation is 1. The molecule has 2 aliphatic heterocycles. The van der Waals surface area contributed by atoms with Gasteiger partial charge in [-0.2, -0.15) is 0 Å². The second-order valence-corrected chi connectivity index (χ2v) is 12.5. The van der Waals surface area contributed by atoms with Gasteiger partial charge >= 0.3 is 6.09 Å². The van der Waals surface area contributed by atoms with Crippen LogP contribution in [-0.2, 0) is 16.0 Å². The molecule has 11 nitrogen and oxygen atoms in total. The molecule has 0 saturated carbocycles. The molecule has 5 aromatic rings. The number of nitrogens with zero attached hydrogens (tertiary/aromatic N) is 3. The summed E-state index contributed by atoms with van der Waals surface area (Å²) in [6.45, 7) is 6.88. The summed E-state index contributed by atoms with van der Waals surface area (Å²) >= 11 is 0. The molecule has 0 bridgehead atoms. The number of rotatable bonds is 8. The average molecular weight is 680 g/mol. The average Bonchev–Trinajstić information content (AvgIpc) is 3.92. The molecule has 4 heterocycles. The lowest BCUT2D eigenvalue weighted by molar-refractivity contribution is -0.131. The van der Waals surface area contributed by atoms with Crippen LogP contribution in [0.5, 0.6) is 17.2 Å². The largest absolute Gasteiger partial charge is 0.497 e. The summed E-state index contributed by atoms with van der Waals surface area (Å²) in [6.07, 6.45) is 4.51. The molecule has 7 rings (SSSR count). The minimum absolute atomic E-state index is 0.129. The Kier molecular flexibility index (Phi) is 10.3. The first-order valence-electron chi connectivity index (χ1n) is 17.2. The summed E-state index contributed by atoms with van der Waals surface area (Å²) in [7, 11) is 4.55. The first-order valence-corrected chi connectivity index (χ1v) is 17.2. The molecule has 2 N–H and O–H groups in total. The van der Waals surface area contributed by atoms with Crippen molar-refractivity contribution in [3.05, 3.63) is 83.8 Å². The number of aromatic nitrogens is 3. The van der Waals surface area contributed by atoms with E-state index in [2.05, 4.69) is 81.8 Å². The zero-order valence-electron chi connectivity index (χ0n) is 29.5. The zero-order chi connectivity index (χ0) is 35.4. The second-order valence-electron chi connectivity index (χ2n) is 12.5. The van der Waals surface area contributed by atoms with Crippen LogP contribution in [0.4, 0.5) is 4.79 Å². The van der Waals surface area contributed by atoms with Crippen molar-refractivity contribution in [3.8, 4) is 39.8 Å². The van der Waals surface area contributed by atoms with Crippen LogP contribution in [0.3, 0.4) is 0 Å². The quantitative estimate of drug-likeness (QED) is 0.173. The van der Waals surface area contributed by atoms with E-state index in [-0.39, 0.29) is 18.5 Å². The van der Waals surface area contributed by atoms with Crippen LogP contribution in [0, 0.1) is 0 Å². The van der Waals surface area contributed by atoms with Gasteiger partial charge in [-0.05, 0) is 67.3 Å². The normalized spacial score (nSPS) is 16.1. The van der Waals surface area contributed by atoms with Gasteiger partial charge < -0.3 is 38.7 Å². The SMILES string of the molecule is CCC.CCc1ccc2c(c1)cc1n2C(c2cc(OC)cc(OC)c2)Oc2cc(-c3cnc(C4CCCN4C(=O)CNC(=O)OC)[nH]3)ccc2-1. The second kappa shape index (κ2) is 15.0. The standard InChI is InChI=1S/C36H37N5O6.C3H8/c1-5-21-8-11-29-23(13-21)16-31-27-10-9-22(17-32(27)47-35(41(29)31)24-14-25(44-2)18-26(15-24)45-3)28-19-37-34(39-28)30-7-6-12-40(30)33(42)20-38-36(43)46-4;1-3-2/h8-11,13-19,30,35H,5-7,12,20H2,1-4H3,(H,37,39)(H,38,43);3H2,1-2H3. The van der Waals surface area contributed by atoms with E-state index in [1.54, 1.807) is 25.3 Å². The lowest BCUT2D eigenvalue weighted by Gasteiger charge is -2.31. The fourth-order valence-corrected chi connectivity index (χ4v) is 6.65. The molecular weight excluding hydrogens is 634 g/mol. The Morgan fingerprint density at radius 1 is 0.980 bits per heavy atom. The minimum atomic E-state index is -0.636. The van der Waals surface area contributed by atoms with Gasteiger partial charge in [0.05, 0.1) is 50.5 Å². The van der Waals surface area contributed by atoms with Crippen LogP contribution in [-0.4, -0.2) is 65.9 Å². The highest BCUT2D eigenvalue weighted by molar-refractivity contribution is 5.90. The molecule has 2 aromatic heterocycles. The smallest absolute Gasteiger partial charge is 0.407 e. The highest BCUT2D eigenvalue weighted by atomic mass is 16.5. The maximum atomic E-state index is 12.9. The fourth-order valence-electron chi connectivity index (χ4n) is 6.65. The molecular formula is C39H45N5O6. The van der Waals surface area contributed by atoms with Gasteiger partial charge in [-0.25, -0.2) is 9.78 Å². The van der Waals surface area contributed by atoms with Crippen LogP contribution >= 0.6 is 0 Å². The Morgan fingerprint density at radius 2 is 1.74 bits per heavy atom. The number of imidazole rings is 1. The molecule has 11 heteroatoms. The third-order valence-corrected chi connectivity index (χ3v) is 9.07. The molecule has 2 amide bonds. The third kappa shape index (κ3) is 6.72. The van der Waals surface area contributed by atoms with Crippen molar-refractivity contribution < 1.29 is 28.5 Å². The maximum Gasteiger partial charge on any atom is 0.407 e. The van der Waals surface area contributed by atoms with Gasteiger partial charge in [0.15, 0.2) is 0 Å². The number of ether oxygens (including phenoxy) is 4. The summed E-state index contributed by atoms with van der Waals surface area (Å²) < 4.78 is 24.9. The van der Waals surface area contributed by atoms with Crippen molar-refractivity contribution in [1.82, 2.24) is 24.8 Å². The highest BCUT2D eigenvalue weighted by Crippen LogP contribution is 2.46. The van der Waals surface area contributed by atoms with E-state index in [9.17, 15) is 9.59 Å². The molecule has 2 atom stereocenters. The number of hydrogen-bond acceptors (Lipinski definition) is 7. The number of likely N-dealkylation sites (tertiary alicyclic amines) is 1. The molecule has 1 saturated heterocycles. The van der Waals surface area contributed by atoms with Crippen molar-refractivity contribution >= 4 is 22.9 Å². The first kappa shape index (κ1) is 34.4. The van der Waals surface area contributed by atoms with Gasteiger partial charge in [-0.1, -0.05) is 39.3 Å². The Morgan fingerprint density at radius 3 is 2.44 bits per heavy atom. The van der Waals surface area contributed by atoms with Gasteiger partial charge in [-0.3, -0.25) is 4.79 Å². The van der Waals surface area contributed by atoms with E-state index in [0.29, 0.717) is 23.9 Å². The molecule has 50 heavy (non-hydrogen) atoms. The molecule has 3 aromatic carbocycles. The van der Waals surface area contributed by atoms with Crippen molar-refractivity contribution in [3.63, 3.8) is 0 Å². The molecule has 1 fully saturated rings. The van der Waals surface area contributed by atoms with E-state index < -0.39 is 12.3 Å². The number of carbonyl (C=O) groups is 2. The molecule has 262 valence electrons. The fraction of sp³-hybridized carbons (Fsp3) is 0.359. The van der Waals surface area contributed by atoms with E-state index in [1.165, 1.54) is 19.1 Å². The number of benzene rings is 3. The van der Waals surface area contributed by atoms with Gasteiger partial charge in [0, 0.05) is 34.7 Å². The number of aromatic amines is 1. The number of methoxy groups -OCH3 is 3. The van der Waals surface area contributed by atoms with Crippen molar-refractivity contribution in [2.45, 2.75) is 58.7 Å². The summed E-state index contributed by atoms with van der Waals surface area (Å²) in [4.78, 5) is 34.3. The number of hydrogen-bond donors (Lipinski definition) is 2. The van der Waals surface area contributed by atoms with Gasteiger partial charge in [-0.15, -0.1) is 0 Å². The van der Waals surface area contributed by atoms with Crippen molar-refractivity contribution in [2.24, 2.45) is 0 Å². The topological polar surface area (TPSA) is 120 Å². The van der Waals surface area contributed by atoms with Crippen LogP contribution in [0.25, 0.3) is 33.4 Å². The van der Waals surface area contributed by atoms with Gasteiger partial charge in [0.2, 0.25) is 12.1 Å². The van der Waals surface area contributed by atoms with Gasteiger partial charge in [0.25, 0.3) is 0 Å². The van der Waals surface area contributed by atoms with Crippen LogP contribution in [0.1, 0.15) is 69.3 Å². The van der Waals surface area contributed by atoms with Crippen LogP contribution in [0.15, 0.2) is 66.9 Å². The lowest BCUT2D eigenvalue weighted by atomic mass is 10.0. The van der Waals surface area contributed by atoms with E-state index in [4.69, 9.17) is 14.2 Å². The summed E-state index contributed by atoms with van der Waals surface area (Å²) in [5, 5.41) is 3.63. The Hall–Kier alpha value is -5.45. The Labute approximate surface area is 292 Å². The molecule has 0 aliphatic carbocycles. The molecule has 0 spiro atoms. The monoisotopic (exact) mass is 679 g/mol. The summed E-state index contributed by atoms with van der Waals surface area (Å²) in [5.74, 6) is 2.62. The maximum absolute atomic E-state index is 12.9. The highest BCUT2D eigenvalue weighted by Gasteiger charge is 2.33. The van der Waals surface area contributed by atoms with E-state index in [1.807, 2.05) is 24.3 Å². The van der Waals surface area contributed by atoms with E-state index in [0.717, 1.165) is 64.0 Å². The lowest BCUT2D eigenvalue weighted by Crippen LogP contribution is -2.40. The molecule has 0 radical (unpaired) electrons. The minimum Gasteiger partial charge on any atom is -0.497 e. The van der Waals surface area contributed by atoms with E-state index >= 15 is 0 Å². The number of fused-ring (bicyclic) bond motifs is 5. The summed E-state index contributed by atoms with van der Waals surface area (Å²) in [5.41, 5.74) is 7.01. The number of alkyl carbamates (subject to hydrolysis) is 1. The molecule has 2 unspecified atom stereocenters. The van der Waals surface area contributed by atoms with Crippen molar-refractivity contribution in [1.29, 1.82) is 0 Å². The van der Waals surface area contributed by atoms with Gasteiger partial charge in [0.1, 0.15) is 29.6 Å². The zero-order valence-corrected chi connectivity index (χ0v) is 29.5. The van der Waals surface area contributed by atoms with Crippen LogP contribution in [0.2, 0.25) is 0 Å². The number of H-pyrrole nitrogens is 1. The number of amides is 2. The predicted molar refractivity (Wildman–Crippen MR) is 193 cm³/mol. The van der Waals surface area contributed by atoms with Crippen LogP contribution < -0.4 is 19.5 Å². The van der Waals surface area contributed by atoms with Crippen molar-refractivity contribution in [2.75, 3.05) is 34.4 Å². The number of nitrogens with one attached hydrogen (secondary N) is 2. The molecule has 2 aliphatic rings. The summed E-state index contributed by atoms with van der Waals surface area (Å²) in [6, 6.07) is 20.6. The Balaban J connectivity index is 0.00000139. The predicted octanol–water partition coefficient (Wildman–Crippen LogP) is 7.65. The number of carbonyl (C=O) groups excluding carboxylic acids is 2.